The van der Waals surface area contributed by atoms with Gasteiger partial charge in [-0.05, 0) is 99.7 Å². The van der Waals surface area contributed by atoms with Crippen LogP contribution in [0.15, 0.2) is 36.5 Å². The number of allylic oxidation sites excluding steroid dienone is 5. The lowest BCUT2D eigenvalue weighted by molar-refractivity contribution is 0.0851. The lowest BCUT2D eigenvalue weighted by Gasteiger charge is -2.49. The van der Waals surface area contributed by atoms with E-state index in [4.69, 9.17) is 23.2 Å². The van der Waals surface area contributed by atoms with Crippen LogP contribution in [0.3, 0.4) is 0 Å². The molecule has 0 saturated heterocycles. The molecule has 4 aliphatic carbocycles. The number of hydrogen-bond donors (Lipinski definition) is 0. The molecule has 0 N–H and O–H groups in total. The third-order valence-electron chi connectivity index (χ3n) is 10.7. The van der Waals surface area contributed by atoms with Crippen LogP contribution in [0.4, 0.5) is 0 Å². The third-order valence-corrected chi connectivity index (χ3v) is 11.9. The van der Waals surface area contributed by atoms with Crippen LogP contribution >= 0.6 is 23.2 Å². The summed E-state index contributed by atoms with van der Waals surface area (Å²) in [6.45, 7) is 11.3. The maximum Gasteiger partial charge on any atom is 0.124 e. The monoisotopic (exact) mass is 490 g/mol. The van der Waals surface area contributed by atoms with E-state index < -0.39 is 4.33 Å². The first-order valence-corrected chi connectivity index (χ1v) is 14.8. The fourth-order valence-electron chi connectivity index (χ4n) is 8.61. The molecular weight excluding hydrogens is 443 g/mol. The van der Waals surface area contributed by atoms with Crippen molar-refractivity contribution in [3.05, 3.63) is 36.5 Å². The van der Waals surface area contributed by atoms with Crippen molar-refractivity contribution in [3.8, 4) is 0 Å². The van der Waals surface area contributed by atoms with Gasteiger partial charge < -0.3 is 0 Å². The molecule has 4 atom stereocenters. The van der Waals surface area contributed by atoms with Gasteiger partial charge in [0.15, 0.2) is 0 Å². The minimum Gasteiger partial charge on any atom is -0.101 e. The molecule has 1 spiro atoms. The van der Waals surface area contributed by atoms with E-state index in [2.05, 4.69) is 51.7 Å². The zero-order valence-corrected chi connectivity index (χ0v) is 23.1. The number of rotatable bonds is 7. The molecule has 0 radical (unpaired) electrons. The molecule has 0 aliphatic heterocycles. The van der Waals surface area contributed by atoms with Gasteiger partial charge in [-0.25, -0.2) is 0 Å². The highest BCUT2D eigenvalue weighted by Gasteiger charge is 2.55. The second kappa shape index (κ2) is 10.0. The second-order valence-electron chi connectivity index (χ2n) is 12.7. The van der Waals surface area contributed by atoms with Gasteiger partial charge in [0.25, 0.3) is 0 Å². The molecule has 4 rings (SSSR count). The van der Waals surface area contributed by atoms with Gasteiger partial charge in [-0.15, -0.1) is 23.2 Å². The summed E-state index contributed by atoms with van der Waals surface area (Å²) < 4.78 is -0.688. The van der Waals surface area contributed by atoms with Crippen LogP contribution in [-0.2, 0) is 0 Å². The Morgan fingerprint density at radius 3 is 2.36 bits per heavy atom. The molecule has 3 saturated carbocycles. The van der Waals surface area contributed by atoms with Gasteiger partial charge >= 0.3 is 0 Å². The van der Waals surface area contributed by atoms with Crippen LogP contribution in [0.2, 0.25) is 0 Å². The Kier molecular flexibility index (Phi) is 7.88. The van der Waals surface area contributed by atoms with Crippen LogP contribution in [0.25, 0.3) is 0 Å². The zero-order chi connectivity index (χ0) is 23.7. The summed E-state index contributed by atoms with van der Waals surface area (Å²) in [5.74, 6) is 2.02. The summed E-state index contributed by atoms with van der Waals surface area (Å²) in [4.78, 5) is 0. The molecule has 0 amide bonds. The predicted molar refractivity (Wildman–Crippen MR) is 146 cm³/mol. The van der Waals surface area contributed by atoms with E-state index in [-0.39, 0.29) is 10.8 Å². The summed E-state index contributed by atoms with van der Waals surface area (Å²) in [6.07, 6.45) is 28.9. The highest BCUT2D eigenvalue weighted by atomic mass is 35.5. The topological polar surface area (TPSA) is 0 Å². The van der Waals surface area contributed by atoms with Crippen molar-refractivity contribution in [2.24, 2.45) is 34.0 Å². The van der Waals surface area contributed by atoms with Crippen molar-refractivity contribution in [2.45, 2.75) is 121 Å². The van der Waals surface area contributed by atoms with Crippen molar-refractivity contribution in [1.29, 1.82) is 0 Å². The Balaban J connectivity index is 1.47. The van der Waals surface area contributed by atoms with E-state index in [1.54, 1.807) is 0 Å². The second-order valence-corrected chi connectivity index (χ2v) is 14.2. The molecule has 33 heavy (non-hydrogen) atoms. The Morgan fingerprint density at radius 2 is 1.70 bits per heavy atom. The lowest BCUT2D eigenvalue weighted by atomic mass is 9.61. The summed E-state index contributed by atoms with van der Waals surface area (Å²) in [5, 5.41) is 0. The minimum absolute atomic E-state index is 0.00908. The van der Waals surface area contributed by atoms with Crippen molar-refractivity contribution in [2.75, 3.05) is 0 Å². The van der Waals surface area contributed by atoms with Gasteiger partial charge in [0.05, 0.1) is 0 Å². The summed E-state index contributed by atoms with van der Waals surface area (Å²) in [5.41, 5.74) is 2.02. The SMILES string of the molecule is C=C(C)C1CCC2(CC(Cl)(Cl)C3(C)CCCC4(CCCC4CCCC)CCC3)C=CC=CC12. The zero-order valence-electron chi connectivity index (χ0n) is 21.6. The van der Waals surface area contributed by atoms with Crippen LogP contribution in [-0.4, -0.2) is 4.33 Å². The highest BCUT2D eigenvalue weighted by molar-refractivity contribution is 6.49. The van der Waals surface area contributed by atoms with Crippen LogP contribution in [0, 0.1) is 34.0 Å². The third kappa shape index (κ3) is 4.91. The fourth-order valence-corrected chi connectivity index (χ4v) is 9.49. The van der Waals surface area contributed by atoms with Gasteiger partial charge in [0, 0.05) is 5.41 Å². The first-order valence-electron chi connectivity index (χ1n) is 14.1. The highest BCUT2D eigenvalue weighted by Crippen LogP contribution is 2.63. The molecule has 0 bridgehead atoms. The summed E-state index contributed by atoms with van der Waals surface area (Å²) in [7, 11) is 0. The van der Waals surface area contributed by atoms with Crippen molar-refractivity contribution >= 4 is 23.2 Å². The summed E-state index contributed by atoms with van der Waals surface area (Å²) >= 11 is 14.9. The van der Waals surface area contributed by atoms with Crippen LogP contribution in [0.5, 0.6) is 0 Å². The molecule has 0 aromatic carbocycles. The first-order chi connectivity index (χ1) is 15.7. The molecule has 4 aliphatic rings. The summed E-state index contributed by atoms with van der Waals surface area (Å²) in [6, 6.07) is 0. The maximum absolute atomic E-state index is 7.44. The van der Waals surface area contributed by atoms with Crippen molar-refractivity contribution in [1.82, 2.24) is 0 Å². The van der Waals surface area contributed by atoms with Gasteiger partial charge in [0.1, 0.15) is 4.33 Å². The molecule has 2 heteroatoms. The van der Waals surface area contributed by atoms with Crippen molar-refractivity contribution in [3.63, 3.8) is 0 Å². The average Bonchev–Trinajstić information content (AvgIpc) is 3.32. The van der Waals surface area contributed by atoms with Crippen LogP contribution < -0.4 is 0 Å². The number of unbranched alkanes of at least 4 members (excludes halogenated alkanes) is 1. The number of halogens is 2. The standard InChI is InChI=1S/C31H48Cl2/c1-5-6-12-25-13-9-19-29(25)20-10-16-28(4,17-11-21-29)31(32,33)23-30-18-8-7-14-27(30)26(15-22-30)24(2)3/h7-8,14,18,25-27H,2,5-6,9-13,15-17,19-23H2,1,3-4H3. The molecule has 186 valence electrons. The Bertz CT molecular complexity index is 749. The van der Waals surface area contributed by atoms with Gasteiger partial charge in [-0.3, -0.25) is 0 Å². The fraction of sp³-hybridized carbons (Fsp3) is 0.806. The Labute approximate surface area is 214 Å². The van der Waals surface area contributed by atoms with E-state index >= 15 is 0 Å². The number of fused-ring (bicyclic) bond motifs is 1. The normalized spacial score (nSPS) is 41.2. The largest absolute Gasteiger partial charge is 0.124 e. The van der Waals surface area contributed by atoms with E-state index in [1.807, 2.05) is 0 Å². The van der Waals surface area contributed by atoms with E-state index in [0.29, 0.717) is 17.3 Å². The predicted octanol–water partition coefficient (Wildman–Crippen LogP) is 10.6. The quantitative estimate of drug-likeness (QED) is 0.245. The van der Waals surface area contributed by atoms with Crippen LogP contribution in [0.1, 0.15) is 117 Å². The molecule has 0 aromatic rings. The molecule has 0 nitrogen and oxygen atoms in total. The molecular formula is C31H48Cl2. The molecule has 0 aromatic heterocycles. The molecule has 4 unspecified atom stereocenters. The van der Waals surface area contributed by atoms with E-state index in [0.717, 1.165) is 12.3 Å². The smallest absolute Gasteiger partial charge is 0.101 e. The van der Waals surface area contributed by atoms with Gasteiger partial charge in [0.2, 0.25) is 0 Å². The first kappa shape index (κ1) is 25.9. The average molecular weight is 492 g/mol. The maximum atomic E-state index is 7.44. The van der Waals surface area contributed by atoms with E-state index in [1.165, 1.54) is 95.5 Å². The number of alkyl halides is 2. The molecule has 0 heterocycles. The number of hydrogen-bond acceptors (Lipinski definition) is 0. The van der Waals surface area contributed by atoms with E-state index in [9.17, 15) is 0 Å². The Hall–Kier alpha value is -0.200. The minimum atomic E-state index is -0.688. The molecule has 3 fully saturated rings. The van der Waals surface area contributed by atoms with Gasteiger partial charge in [-0.2, -0.15) is 0 Å². The lowest BCUT2D eigenvalue weighted by Crippen LogP contribution is -2.44. The Morgan fingerprint density at radius 1 is 1.00 bits per heavy atom. The van der Waals surface area contributed by atoms with Gasteiger partial charge in [-0.1, -0.05) is 82.4 Å². The van der Waals surface area contributed by atoms with Crippen molar-refractivity contribution < 1.29 is 0 Å².